The normalized spacial score (nSPS) is 15.4. The van der Waals surface area contributed by atoms with Crippen LogP contribution < -0.4 is 4.90 Å². The lowest BCUT2D eigenvalue weighted by atomic mass is 9.86. The number of carbonyl (C=O) groups is 8. The maximum absolute atomic E-state index is 13.9. The Morgan fingerprint density at radius 2 is 0.840 bits per heavy atom. The Hall–Kier alpha value is -6.52. The molecule has 21 nitrogen and oxygen atoms in total. The zero-order chi connectivity index (χ0) is 59.7. The van der Waals surface area contributed by atoms with Crippen molar-refractivity contribution in [2.45, 2.75) is 78.7 Å². The van der Waals surface area contributed by atoms with Crippen LogP contribution in [0.25, 0.3) is 0 Å². The molecule has 0 aliphatic carbocycles. The van der Waals surface area contributed by atoms with E-state index in [1.165, 1.54) is 0 Å². The number of esters is 7. The van der Waals surface area contributed by atoms with Crippen LogP contribution in [0.15, 0.2) is 87.5 Å². The molecule has 3 rings (SSSR count). The summed E-state index contributed by atoms with van der Waals surface area (Å²) in [5, 5.41) is 0. The van der Waals surface area contributed by atoms with Crippen LogP contribution in [0, 0.1) is 16.2 Å². The summed E-state index contributed by atoms with van der Waals surface area (Å²) in [6, 6.07) is 7.48. The molecule has 0 N–H and O–H groups in total. The number of hydrogen-bond acceptors (Lipinski definition) is 21. The molecule has 0 saturated carbocycles. The maximum atomic E-state index is 13.9. The van der Waals surface area contributed by atoms with Crippen molar-refractivity contribution in [2.75, 3.05) is 143 Å². The van der Waals surface area contributed by atoms with Crippen molar-refractivity contribution >= 4 is 53.3 Å². The van der Waals surface area contributed by atoms with Crippen LogP contribution in [-0.2, 0) is 76.2 Å². The van der Waals surface area contributed by atoms with E-state index in [9.17, 15) is 38.4 Å². The number of piperazine rings is 2. The molecular formula is C60H88N4O17. The molecule has 0 spiro atoms. The molecule has 2 aliphatic heterocycles. The first kappa shape index (κ1) is 68.8. The van der Waals surface area contributed by atoms with Gasteiger partial charge in [0.15, 0.2) is 5.78 Å². The summed E-state index contributed by atoms with van der Waals surface area (Å²) in [4.78, 5) is 108. The van der Waals surface area contributed by atoms with Gasteiger partial charge in [-0.1, -0.05) is 60.6 Å². The highest BCUT2D eigenvalue weighted by Crippen LogP contribution is 2.30. The first-order valence-corrected chi connectivity index (χ1v) is 27.9. The SMILES string of the molecule is C=CC(=O)OCC(CC)(COCCCOC(=O)CCN1CCN(c2ccc(C(=O)C(CC)N3CCN(CCC(=O)OCC(CC)(COCC(CC)(COC(=O)C=C)COC(=O)C=C)COC(=O)C=C)CC3)cc2)CC1)COC(=O)C=C. The summed E-state index contributed by atoms with van der Waals surface area (Å²) in [5.74, 6) is -3.79. The predicted octanol–water partition coefficient (Wildman–Crippen LogP) is 5.51. The topological polar surface area (TPSA) is 233 Å². The standard InChI is InChI=1S/C60H88N4O17/c1-10-49(64-34-30-62(31-35-64)27-25-56(71)81-46-60(18-9,45-80-54(69)15-6)40-74-39-59(17-8,43-78-52(67)13-4)44-79-53(68)14-5)57(72)47-20-22-48(23-21-47)63-32-28-61(29-33-63)26-24-55(70)75-37-19-36-73-38-58(16-7,41-76-50(65)11-2)42-77-51(66)12-3/h11-15,20-23,49H,2-6,10,16-19,24-46H2,1,7-9H3. The molecule has 81 heavy (non-hydrogen) atoms. The highest BCUT2D eigenvalue weighted by molar-refractivity contribution is 6.00. The number of ether oxygens (including phenoxy) is 9. The quantitative estimate of drug-likeness (QED) is 0.0258. The average molecular weight is 1140 g/mol. The van der Waals surface area contributed by atoms with E-state index in [0.29, 0.717) is 76.9 Å². The van der Waals surface area contributed by atoms with Gasteiger partial charge in [-0.3, -0.25) is 24.2 Å². The van der Waals surface area contributed by atoms with Gasteiger partial charge in [-0.15, -0.1) is 0 Å². The van der Waals surface area contributed by atoms with Crippen LogP contribution in [0.2, 0.25) is 0 Å². The Kier molecular flexibility index (Phi) is 31.2. The van der Waals surface area contributed by atoms with E-state index in [0.717, 1.165) is 62.2 Å². The molecule has 21 heteroatoms. The summed E-state index contributed by atoms with van der Waals surface area (Å²) in [7, 11) is 0. The first-order valence-electron chi connectivity index (χ1n) is 27.9. The number of hydrogen-bond donors (Lipinski definition) is 0. The van der Waals surface area contributed by atoms with E-state index >= 15 is 0 Å². The highest BCUT2D eigenvalue weighted by atomic mass is 16.6. The van der Waals surface area contributed by atoms with Crippen LogP contribution in [0.3, 0.4) is 0 Å². The summed E-state index contributed by atoms with van der Waals surface area (Å²) in [6.45, 7) is 31.5. The number of carbonyl (C=O) groups excluding carboxylic acids is 8. The summed E-state index contributed by atoms with van der Waals surface area (Å²) in [6.07, 6.45) is 8.01. The molecule has 450 valence electrons. The number of ketones is 1. The molecule has 0 radical (unpaired) electrons. The molecule has 1 aromatic rings. The van der Waals surface area contributed by atoms with Crippen molar-refractivity contribution in [2.24, 2.45) is 16.2 Å². The highest BCUT2D eigenvalue weighted by Gasteiger charge is 2.38. The van der Waals surface area contributed by atoms with E-state index in [1.807, 2.05) is 52.0 Å². The van der Waals surface area contributed by atoms with Crippen LogP contribution in [-0.4, -0.2) is 206 Å². The van der Waals surface area contributed by atoms with Crippen molar-refractivity contribution in [3.63, 3.8) is 0 Å². The number of rotatable bonds is 41. The second-order valence-corrected chi connectivity index (χ2v) is 20.4. The van der Waals surface area contributed by atoms with Crippen molar-refractivity contribution in [1.82, 2.24) is 14.7 Å². The van der Waals surface area contributed by atoms with Crippen LogP contribution in [0.4, 0.5) is 5.69 Å². The lowest BCUT2D eigenvalue weighted by Gasteiger charge is -2.38. The molecule has 0 aromatic heterocycles. The minimum atomic E-state index is -0.940. The Morgan fingerprint density at radius 3 is 1.22 bits per heavy atom. The van der Waals surface area contributed by atoms with Gasteiger partial charge in [-0.25, -0.2) is 24.0 Å². The fourth-order valence-corrected chi connectivity index (χ4v) is 8.87. The second-order valence-electron chi connectivity index (χ2n) is 20.4. The zero-order valence-corrected chi connectivity index (χ0v) is 48.3. The van der Waals surface area contributed by atoms with E-state index in [4.69, 9.17) is 42.6 Å². The fraction of sp³-hybridized carbons (Fsp3) is 0.600. The van der Waals surface area contributed by atoms with Crippen molar-refractivity contribution in [3.05, 3.63) is 93.1 Å². The molecule has 0 bridgehead atoms. The number of nitrogens with zero attached hydrogens (tertiary/aromatic N) is 4. The van der Waals surface area contributed by atoms with Gasteiger partial charge in [0, 0.05) is 120 Å². The molecule has 0 amide bonds. The number of Topliss-reactive ketones (excluding diaryl/α,β-unsaturated/α-hetero) is 1. The Morgan fingerprint density at radius 1 is 0.469 bits per heavy atom. The van der Waals surface area contributed by atoms with Crippen molar-refractivity contribution in [3.8, 4) is 0 Å². The minimum absolute atomic E-state index is 0.00863. The monoisotopic (exact) mass is 1140 g/mol. The third-order valence-corrected chi connectivity index (χ3v) is 14.8. The minimum Gasteiger partial charge on any atom is -0.466 e. The Balaban J connectivity index is 1.42. The smallest absolute Gasteiger partial charge is 0.330 e. The van der Waals surface area contributed by atoms with Crippen LogP contribution in [0.5, 0.6) is 0 Å². The summed E-state index contributed by atoms with van der Waals surface area (Å²) >= 11 is 0. The third kappa shape index (κ3) is 24.2. The molecule has 2 fully saturated rings. The van der Waals surface area contributed by atoms with E-state index in [-0.39, 0.29) is 103 Å². The molecule has 2 saturated heterocycles. The molecule has 2 heterocycles. The summed E-state index contributed by atoms with van der Waals surface area (Å²) in [5.41, 5.74) is -0.955. The Labute approximate surface area is 478 Å². The molecule has 2 aliphatic rings. The lowest BCUT2D eigenvalue weighted by Crippen LogP contribution is -2.52. The van der Waals surface area contributed by atoms with Gasteiger partial charge in [0.2, 0.25) is 0 Å². The lowest BCUT2D eigenvalue weighted by molar-refractivity contribution is -0.160. The van der Waals surface area contributed by atoms with Gasteiger partial charge in [-0.05, 0) is 49.9 Å². The van der Waals surface area contributed by atoms with E-state index < -0.39 is 52.1 Å². The van der Waals surface area contributed by atoms with Crippen LogP contribution >= 0.6 is 0 Å². The number of anilines is 1. The van der Waals surface area contributed by atoms with Gasteiger partial charge in [0.05, 0.1) is 61.6 Å². The fourth-order valence-electron chi connectivity index (χ4n) is 8.87. The zero-order valence-electron chi connectivity index (χ0n) is 48.3. The van der Waals surface area contributed by atoms with Crippen molar-refractivity contribution < 1.29 is 81.0 Å². The van der Waals surface area contributed by atoms with Gasteiger partial charge in [0.25, 0.3) is 0 Å². The summed E-state index contributed by atoms with van der Waals surface area (Å²) < 4.78 is 49.9. The second kappa shape index (κ2) is 36.8. The Bertz CT molecular complexity index is 2190. The van der Waals surface area contributed by atoms with Crippen molar-refractivity contribution in [1.29, 1.82) is 0 Å². The largest absolute Gasteiger partial charge is 0.466 e. The molecular weight excluding hydrogens is 1050 g/mol. The molecule has 1 aromatic carbocycles. The van der Waals surface area contributed by atoms with Gasteiger partial charge >= 0.3 is 41.8 Å². The average Bonchev–Trinajstić information content (AvgIpc) is 3.51. The number of benzene rings is 1. The van der Waals surface area contributed by atoms with Gasteiger partial charge in [-0.2, -0.15) is 0 Å². The molecule has 2 unspecified atom stereocenters. The van der Waals surface area contributed by atoms with E-state index in [1.54, 1.807) is 0 Å². The maximum Gasteiger partial charge on any atom is 0.330 e. The van der Waals surface area contributed by atoms with E-state index in [2.05, 4.69) is 52.5 Å². The first-order chi connectivity index (χ1) is 38.9. The van der Waals surface area contributed by atoms with Gasteiger partial charge in [0.1, 0.15) is 39.6 Å². The third-order valence-electron chi connectivity index (χ3n) is 14.8. The molecule has 2 atom stereocenters. The predicted molar refractivity (Wildman–Crippen MR) is 303 cm³/mol. The van der Waals surface area contributed by atoms with Crippen LogP contribution in [0.1, 0.15) is 83.0 Å². The van der Waals surface area contributed by atoms with Gasteiger partial charge < -0.3 is 52.4 Å².